The molecule has 0 saturated heterocycles. The molecule has 1 unspecified atom stereocenters. The monoisotopic (exact) mass is 339 g/mol. The van der Waals surface area contributed by atoms with Crippen LogP contribution in [0.3, 0.4) is 0 Å². The molecule has 126 valence electrons. The number of rotatable bonds is 4. The Hall–Kier alpha value is -3.29. The van der Waals surface area contributed by atoms with Crippen LogP contribution in [0, 0.1) is 10.1 Å². The minimum Gasteiger partial charge on any atom is -0.334 e. The molecular weight excluding hydrogens is 325 g/mol. The number of nitro groups is 1. The number of pyridine rings is 1. The van der Waals surface area contributed by atoms with Crippen LogP contribution in [0.5, 0.6) is 0 Å². The summed E-state index contributed by atoms with van der Waals surface area (Å²) in [5.74, 6) is 0.536. The van der Waals surface area contributed by atoms with Crippen molar-refractivity contribution >= 4 is 17.2 Å². The van der Waals surface area contributed by atoms with Gasteiger partial charge in [0.25, 0.3) is 0 Å². The Morgan fingerprint density at radius 3 is 2.96 bits per heavy atom. The second-order valence-electron chi connectivity index (χ2n) is 5.79. The van der Waals surface area contributed by atoms with Gasteiger partial charge in [0.2, 0.25) is 5.82 Å². The summed E-state index contributed by atoms with van der Waals surface area (Å²) in [6, 6.07) is 9.95. The molecule has 1 aliphatic rings. The Morgan fingerprint density at radius 2 is 2.20 bits per heavy atom. The highest BCUT2D eigenvalue weighted by atomic mass is 19.1. The number of benzene rings is 1. The standard InChI is InChI=1S/C17H14FN5O2/c18-14-5-3-11-2-4-12(10-13(11)14)20-17-15(23(24)25)6-7-16(21-17)22-9-1-8-19-22/h1-2,4,6-10,14H,3,5H2,(H,20,21). The van der Waals surface area contributed by atoms with Gasteiger partial charge in [0.1, 0.15) is 6.17 Å². The normalized spacial score (nSPS) is 15.8. The number of alkyl halides is 1. The van der Waals surface area contributed by atoms with Crippen LogP contribution < -0.4 is 5.32 Å². The van der Waals surface area contributed by atoms with Gasteiger partial charge in [-0.1, -0.05) is 6.07 Å². The lowest BCUT2D eigenvalue weighted by atomic mass is 10.1. The van der Waals surface area contributed by atoms with Crippen molar-refractivity contribution < 1.29 is 9.31 Å². The second kappa shape index (κ2) is 5.97. The van der Waals surface area contributed by atoms with E-state index in [-0.39, 0.29) is 11.5 Å². The molecule has 0 aliphatic heterocycles. The van der Waals surface area contributed by atoms with Crippen molar-refractivity contribution in [2.24, 2.45) is 0 Å². The van der Waals surface area contributed by atoms with Gasteiger partial charge in [-0.2, -0.15) is 5.10 Å². The Bertz CT molecular complexity index is 942. The maximum Gasteiger partial charge on any atom is 0.311 e. The molecule has 0 bridgehead atoms. The lowest BCUT2D eigenvalue weighted by molar-refractivity contribution is -0.384. The summed E-state index contributed by atoms with van der Waals surface area (Å²) in [7, 11) is 0. The molecule has 1 aliphatic carbocycles. The smallest absolute Gasteiger partial charge is 0.311 e. The quantitative estimate of drug-likeness (QED) is 0.576. The first-order valence-corrected chi connectivity index (χ1v) is 7.81. The molecule has 0 amide bonds. The van der Waals surface area contributed by atoms with Crippen molar-refractivity contribution in [2.75, 3.05) is 5.32 Å². The summed E-state index contributed by atoms with van der Waals surface area (Å²) >= 11 is 0. The Balaban J connectivity index is 1.72. The number of fused-ring (bicyclic) bond motifs is 1. The average Bonchev–Trinajstić information content (AvgIpc) is 3.25. The van der Waals surface area contributed by atoms with E-state index in [4.69, 9.17) is 0 Å². The number of halogens is 1. The molecule has 3 aromatic rings. The lowest BCUT2D eigenvalue weighted by Crippen LogP contribution is -2.05. The fraction of sp³-hybridized carbons (Fsp3) is 0.176. The molecule has 1 atom stereocenters. The van der Waals surface area contributed by atoms with E-state index in [2.05, 4.69) is 15.4 Å². The van der Waals surface area contributed by atoms with E-state index in [1.165, 1.54) is 16.8 Å². The van der Waals surface area contributed by atoms with E-state index < -0.39 is 11.1 Å². The number of hydrogen-bond acceptors (Lipinski definition) is 5. The van der Waals surface area contributed by atoms with E-state index in [1.807, 2.05) is 6.07 Å². The topological polar surface area (TPSA) is 85.9 Å². The highest BCUT2D eigenvalue weighted by molar-refractivity contribution is 5.67. The van der Waals surface area contributed by atoms with Gasteiger partial charge < -0.3 is 5.32 Å². The van der Waals surface area contributed by atoms with Crippen molar-refractivity contribution in [1.29, 1.82) is 0 Å². The fourth-order valence-electron chi connectivity index (χ4n) is 2.98. The van der Waals surface area contributed by atoms with Crippen molar-refractivity contribution in [3.05, 3.63) is 70.0 Å². The van der Waals surface area contributed by atoms with Gasteiger partial charge in [-0.15, -0.1) is 0 Å². The average molecular weight is 339 g/mol. The third-order valence-corrected chi connectivity index (χ3v) is 4.21. The van der Waals surface area contributed by atoms with Crippen molar-refractivity contribution in [1.82, 2.24) is 14.8 Å². The summed E-state index contributed by atoms with van der Waals surface area (Å²) in [4.78, 5) is 15.1. The molecule has 1 N–H and O–H groups in total. The van der Waals surface area contributed by atoms with Gasteiger partial charge in [-0.3, -0.25) is 10.1 Å². The maximum atomic E-state index is 13.9. The number of nitrogens with one attached hydrogen (secondary N) is 1. The van der Waals surface area contributed by atoms with E-state index in [9.17, 15) is 14.5 Å². The summed E-state index contributed by atoms with van der Waals surface area (Å²) in [5.41, 5.74) is 2.02. The summed E-state index contributed by atoms with van der Waals surface area (Å²) in [6.45, 7) is 0. The van der Waals surface area contributed by atoms with Crippen LogP contribution in [0.4, 0.5) is 21.6 Å². The fourth-order valence-corrected chi connectivity index (χ4v) is 2.98. The van der Waals surface area contributed by atoms with E-state index in [0.29, 0.717) is 29.9 Å². The number of hydrogen-bond donors (Lipinski definition) is 1. The molecule has 2 aromatic heterocycles. The first-order chi connectivity index (χ1) is 12.1. The summed E-state index contributed by atoms with van der Waals surface area (Å²) in [5, 5.41) is 18.3. The molecule has 8 heteroatoms. The summed E-state index contributed by atoms with van der Waals surface area (Å²) < 4.78 is 15.4. The molecule has 0 saturated carbocycles. The summed E-state index contributed by atoms with van der Waals surface area (Å²) in [6.07, 6.45) is 3.49. The van der Waals surface area contributed by atoms with Gasteiger partial charge >= 0.3 is 5.69 Å². The van der Waals surface area contributed by atoms with E-state index in [1.54, 1.807) is 30.6 Å². The molecule has 4 rings (SSSR count). The molecule has 0 radical (unpaired) electrons. The minimum atomic E-state index is -0.991. The number of aryl methyl sites for hydroxylation is 1. The third kappa shape index (κ3) is 2.82. The predicted molar refractivity (Wildman–Crippen MR) is 89.9 cm³/mol. The van der Waals surface area contributed by atoms with Crippen LogP contribution >= 0.6 is 0 Å². The number of nitrogens with zero attached hydrogens (tertiary/aromatic N) is 4. The molecule has 0 fully saturated rings. The van der Waals surface area contributed by atoms with Crippen molar-refractivity contribution in [3.8, 4) is 5.82 Å². The zero-order chi connectivity index (χ0) is 17.4. The molecule has 0 spiro atoms. The maximum absolute atomic E-state index is 13.9. The van der Waals surface area contributed by atoms with Crippen LogP contribution in [-0.2, 0) is 6.42 Å². The zero-order valence-corrected chi connectivity index (χ0v) is 13.1. The predicted octanol–water partition coefficient (Wildman–Crippen LogP) is 3.88. The number of aromatic nitrogens is 3. The Kier molecular flexibility index (Phi) is 3.64. The Morgan fingerprint density at radius 1 is 1.32 bits per heavy atom. The van der Waals surface area contributed by atoms with Crippen molar-refractivity contribution in [3.63, 3.8) is 0 Å². The van der Waals surface area contributed by atoms with Crippen LogP contribution in [0.1, 0.15) is 23.7 Å². The molecule has 2 heterocycles. The largest absolute Gasteiger partial charge is 0.334 e. The second-order valence-corrected chi connectivity index (χ2v) is 5.79. The van der Waals surface area contributed by atoms with E-state index >= 15 is 0 Å². The van der Waals surface area contributed by atoms with Crippen LogP contribution in [-0.4, -0.2) is 19.7 Å². The minimum absolute atomic E-state index is 0.0892. The Labute approximate surface area is 142 Å². The highest BCUT2D eigenvalue weighted by Gasteiger charge is 2.23. The van der Waals surface area contributed by atoms with Crippen molar-refractivity contribution in [2.45, 2.75) is 19.0 Å². The van der Waals surface area contributed by atoms with E-state index in [0.717, 1.165) is 5.56 Å². The zero-order valence-electron chi connectivity index (χ0n) is 13.1. The van der Waals surface area contributed by atoms with Gasteiger partial charge in [0.15, 0.2) is 5.82 Å². The van der Waals surface area contributed by atoms with Gasteiger partial charge in [-0.25, -0.2) is 14.1 Å². The first-order valence-electron chi connectivity index (χ1n) is 7.81. The number of anilines is 2. The molecule has 7 nitrogen and oxygen atoms in total. The van der Waals surface area contributed by atoms with Gasteiger partial charge in [-0.05, 0) is 48.2 Å². The molecule has 25 heavy (non-hydrogen) atoms. The molecular formula is C17H14FN5O2. The lowest BCUT2D eigenvalue weighted by Gasteiger charge is -2.10. The van der Waals surface area contributed by atoms with Gasteiger partial charge in [0, 0.05) is 24.1 Å². The van der Waals surface area contributed by atoms with Crippen LogP contribution in [0.25, 0.3) is 5.82 Å². The van der Waals surface area contributed by atoms with Crippen LogP contribution in [0.15, 0.2) is 48.8 Å². The van der Waals surface area contributed by atoms with Gasteiger partial charge in [0.05, 0.1) is 4.92 Å². The van der Waals surface area contributed by atoms with Crippen LogP contribution in [0.2, 0.25) is 0 Å². The SMILES string of the molecule is O=[N+]([O-])c1ccc(-n2cccn2)nc1Nc1ccc2c(c1)C(F)CC2. The highest BCUT2D eigenvalue weighted by Crippen LogP contribution is 2.36. The third-order valence-electron chi connectivity index (χ3n) is 4.21. The molecule has 1 aromatic carbocycles. The first kappa shape index (κ1) is 15.3.